The van der Waals surface area contributed by atoms with E-state index in [4.69, 9.17) is 5.73 Å². The van der Waals surface area contributed by atoms with E-state index in [1.165, 1.54) is 44.9 Å². The molecule has 1 amide bonds. The first-order valence-corrected chi connectivity index (χ1v) is 8.74. The Labute approximate surface area is 122 Å². The fourth-order valence-corrected chi connectivity index (χ4v) is 6.13. The molecule has 0 heterocycles. The Morgan fingerprint density at radius 2 is 1.80 bits per heavy atom. The lowest BCUT2D eigenvalue weighted by Gasteiger charge is -2.35. The van der Waals surface area contributed by atoms with Crippen LogP contribution in [-0.4, -0.2) is 18.5 Å². The molecule has 4 saturated carbocycles. The molecule has 0 aromatic rings. The van der Waals surface area contributed by atoms with Crippen LogP contribution >= 0.6 is 0 Å². The predicted octanol–water partition coefficient (Wildman–Crippen LogP) is 2.45. The smallest absolute Gasteiger partial charge is 0.227 e. The van der Waals surface area contributed by atoms with E-state index >= 15 is 0 Å². The Balaban J connectivity index is 1.44. The number of rotatable bonds is 3. The van der Waals surface area contributed by atoms with Crippen molar-refractivity contribution in [3.63, 3.8) is 0 Å². The average Bonchev–Trinajstić information content (AvgIpc) is 3.20. The van der Waals surface area contributed by atoms with Gasteiger partial charge in [-0.3, -0.25) is 4.79 Å². The van der Waals surface area contributed by atoms with Crippen LogP contribution in [-0.2, 0) is 4.79 Å². The highest BCUT2D eigenvalue weighted by molar-refractivity contribution is 5.83. The number of nitrogens with two attached hydrogens (primary N) is 1. The fourth-order valence-electron chi connectivity index (χ4n) is 6.13. The zero-order chi connectivity index (χ0) is 13.7. The Kier molecular flexibility index (Phi) is 3.10. The molecule has 2 bridgehead atoms. The SMILES string of the molecule is NCC1(C(=O)NC2CC3CC2C2CCCC32)CCCC1. The Bertz CT molecular complexity index is 402. The molecule has 0 saturated heterocycles. The van der Waals surface area contributed by atoms with E-state index in [1.807, 2.05) is 0 Å². The van der Waals surface area contributed by atoms with E-state index in [9.17, 15) is 4.79 Å². The molecule has 4 fully saturated rings. The Morgan fingerprint density at radius 1 is 1.05 bits per heavy atom. The molecule has 0 spiro atoms. The van der Waals surface area contributed by atoms with Gasteiger partial charge in [0.2, 0.25) is 5.91 Å². The van der Waals surface area contributed by atoms with Gasteiger partial charge in [0.25, 0.3) is 0 Å². The van der Waals surface area contributed by atoms with E-state index in [0.717, 1.165) is 36.5 Å². The van der Waals surface area contributed by atoms with E-state index < -0.39 is 0 Å². The van der Waals surface area contributed by atoms with Crippen molar-refractivity contribution in [2.24, 2.45) is 34.8 Å². The monoisotopic (exact) mass is 276 g/mol. The highest BCUT2D eigenvalue weighted by Crippen LogP contribution is 2.58. The van der Waals surface area contributed by atoms with Crippen LogP contribution in [0.5, 0.6) is 0 Å². The first-order valence-electron chi connectivity index (χ1n) is 8.74. The minimum absolute atomic E-state index is 0.225. The summed E-state index contributed by atoms with van der Waals surface area (Å²) in [7, 11) is 0. The van der Waals surface area contributed by atoms with Crippen LogP contribution in [0, 0.1) is 29.1 Å². The maximum absolute atomic E-state index is 12.7. The molecule has 4 aliphatic carbocycles. The molecule has 3 nitrogen and oxygen atoms in total. The molecule has 3 N–H and O–H groups in total. The molecular weight excluding hydrogens is 248 g/mol. The van der Waals surface area contributed by atoms with Gasteiger partial charge in [0.05, 0.1) is 5.41 Å². The van der Waals surface area contributed by atoms with Crippen molar-refractivity contribution in [2.75, 3.05) is 6.54 Å². The summed E-state index contributed by atoms with van der Waals surface area (Å²) in [4.78, 5) is 12.7. The van der Waals surface area contributed by atoms with Gasteiger partial charge in [0.15, 0.2) is 0 Å². The maximum atomic E-state index is 12.7. The molecule has 5 unspecified atom stereocenters. The summed E-state index contributed by atoms with van der Waals surface area (Å²) in [5.41, 5.74) is 5.72. The van der Waals surface area contributed by atoms with Crippen LogP contribution in [0.25, 0.3) is 0 Å². The van der Waals surface area contributed by atoms with Crippen molar-refractivity contribution < 1.29 is 4.79 Å². The average molecular weight is 276 g/mol. The van der Waals surface area contributed by atoms with E-state index in [1.54, 1.807) is 0 Å². The van der Waals surface area contributed by atoms with Crippen LogP contribution < -0.4 is 11.1 Å². The minimum Gasteiger partial charge on any atom is -0.353 e. The highest BCUT2D eigenvalue weighted by atomic mass is 16.2. The van der Waals surface area contributed by atoms with Gasteiger partial charge in [-0.25, -0.2) is 0 Å². The molecule has 0 aromatic heterocycles. The number of hydrogen-bond acceptors (Lipinski definition) is 2. The van der Waals surface area contributed by atoms with Crippen molar-refractivity contribution in [2.45, 2.75) is 63.8 Å². The lowest BCUT2D eigenvalue weighted by molar-refractivity contribution is -0.131. The Hall–Kier alpha value is -0.570. The summed E-state index contributed by atoms with van der Waals surface area (Å²) in [5, 5.41) is 3.44. The predicted molar refractivity (Wildman–Crippen MR) is 78.9 cm³/mol. The summed E-state index contributed by atoms with van der Waals surface area (Å²) < 4.78 is 0. The number of amides is 1. The van der Waals surface area contributed by atoms with Crippen LogP contribution in [0.2, 0.25) is 0 Å². The van der Waals surface area contributed by atoms with Gasteiger partial charge in [-0.2, -0.15) is 0 Å². The third-order valence-corrected chi connectivity index (χ3v) is 7.18. The molecule has 3 heteroatoms. The first-order chi connectivity index (χ1) is 9.73. The van der Waals surface area contributed by atoms with E-state index in [-0.39, 0.29) is 11.3 Å². The minimum atomic E-state index is -0.225. The fraction of sp³-hybridized carbons (Fsp3) is 0.941. The van der Waals surface area contributed by atoms with Gasteiger partial charge in [0, 0.05) is 12.6 Å². The second kappa shape index (κ2) is 4.72. The van der Waals surface area contributed by atoms with Gasteiger partial charge >= 0.3 is 0 Å². The molecule has 112 valence electrons. The second-order valence-corrected chi connectivity index (χ2v) is 7.93. The Morgan fingerprint density at radius 3 is 2.55 bits per heavy atom. The molecule has 4 aliphatic rings. The molecule has 4 rings (SSSR count). The summed E-state index contributed by atoms with van der Waals surface area (Å²) in [6.07, 6.45) is 11.3. The second-order valence-electron chi connectivity index (χ2n) is 7.93. The topological polar surface area (TPSA) is 55.1 Å². The van der Waals surface area contributed by atoms with Crippen LogP contribution in [0.4, 0.5) is 0 Å². The van der Waals surface area contributed by atoms with Crippen molar-refractivity contribution in [3.8, 4) is 0 Å². The third kappa shape index (κ3) is 1.78. The molecular formula is C17H28N2O. The summed E-state index contributed by atoms with van der Waals surface area (Å²) in [6, 6.07) is 0.468. The summed E-state index contributed by atoms with van der Waals surface area (Å²) in [5.74, 6) is 3.91. The molecule has 20 heavy (non-hydrogen) atoms. The number of carbonyl (C=O) groups excluding carboxylic acids is 1. The normalized spacial score (nSPS) is 44.8. The lowest BCUT2D eigenvalue weighted by Crippen LogP contribution is -2.50. The largest absolute Gasteiger partial charge is 0.353 e. The number of nitrogens with one attached hydrogen (secondary N) is 1. The third-order valence-electron chi connectivity index (χ3n) is 7.18. The first kappa shape index (κ1) is 13.1. The van der Waals surface area contributed by atoms with Crippen LogP contribution in [0.3, 0.4) is 0 Å². The van der Waals surface area contributed by atoms with Gasteiger partial charge < -0.3 is 11.1 Å². The molecule has 0 aromatic carbocycles. The van der Waals surface area contributed by atoms with Crippen molar-refractivity contribution in [1.29, 1.82) is 0 Å². The lowest BCUT2D eigenvalue weighted by atomic mass is 9.78. The molecule has 5 atom stereocenters. The van der Waals surface area contributed by atoms with Crippen molar-refractivity contribution >= 4 is 5.91 Å². The standard InChI is InChI=1S/C17H28N2O/c18-10-17(6-1-2-7-17)16(20)19-15-9-11-8-14(15)13-5-3-4-12(11)13/h11-15H,1-10,18H2,(H,19,20). The summed E-state index contributed by atoms with van der Waals surface area (Å²) in [6.45, 7) is 0.533. The van der Waals surface area contributed by atoms with E-state index in [2.05, 4.69) is 5.32 Å². The maximum Gasteiger partial charge on any atom is 0.227 e. The molecule has 0 radical (unpaired) electrons. The summed E-state index contributed by atoms with van der Waals surface area (Å²) >= 11 is 0. The number of fused-ring (bicyclic) bond motifs is 5. The van der Waals surface area contributed by atoms with Crippen molar-refractivity contribution in [1.82, 2.24) is 5.32 Å². The van der Waals surface area contributed by atoms with Crippen LogP contribution in [0.15, 0.2) is 0 Å². The van der Waals surface area contributed by atoms with Gasteiger partial charge in [-0.15, -0.1) is 0 Å². The molecule has 0 aliphatic heterocycles. The van der Waals surface area contributed by atoms with E-state index in [0.29, 0.717) is 12.6 Å². The highest BCUT2D eigenvalue weighted by Gasteiger charge is 2.54. The zero-order valence-corrected chi connectivity index (χ0v) is 12.4. The van der Waals surface area contributed by atoms with Gasteiger partial charge in [0.1, 0.15) is 0 Å². The quantitative estimate of drug-likeness (QED) is 0.832. The number of carbonyl (C=O) groups is 1. The van der Waals surface area contributed by atoms with Gasteiger partial charge in [-0.05, 0) is 62.2 Å². The zero-order valence-electron chi connectivity index (χ0n) is 12.4. The van der Waals surface area contributed by atoms with Crippen LogP contribution in [0.1, 0.15) is 57.8 Å². The van der Waals surface area contributed by atoms with Crippen molar-refractivity contribution in [3.05, 3.63) is 0 Å². The van der Waals surface area contributed by atoms with Gasteiger partial charge in [-0.1, -0.05) is 19.3 Å². The number of hydrogen-bond donors (Lipinski definition) is 2.